The summed E-state index contributed by atoms with van der Waals surface area (Å²) in [6.07, 6.45) is -0.885. The zero-order chi connectivity index (χ0) is 19.9. The van der Waals surface area contributed by atoms with Crippen molar-refractivity contribution in [1.29, 1.82) is 0 Å². The minimum absolute atomic E-state index is 0.0437. The molecule has 0 aromatic heterocycles. The van der Waals surface area contributed by atoms with E-state index < -0.39 is 23.7 Å². The Kier molecular flexibility index (Phi) is 4.72. The summed E-state index contributed by atoms with van der Waals surface area (Å²) >= 11 is 0. The molecule has 3 rings (SSSR count). The Morgan fingerprint density at radius 3 is 2.41 bits per heavy atom. The largest absolute Gasteiger partial charge is 0.508 e. The highest BCUT2D eigenvalue weighted by molar-refractivity contribution is 6.06. The number of ether oxygens (including phenoxy) is 1. The van der Waals surface area contributed by atoms with E-state index in [1.165, 1.54) is 12.1 Å². The number of carbonyl (C=O) groups excluding carboxylic acids is 1. The first kappa shape index (κ1) is 18.6. The van der Waals surface area contributed by atoms with Crippen LogP contribution in [0.3, 0.4) is 0 Å². The molecule has 2 aromatic rings. The number of hydrogen-bond acceptors (Lipinski definition) is 7. The van der Waals surface area contributed by atoms with E-state index in [0.717, 1.165) is 17.7 Å². The van der Waals surface area contributed by atoms with Gasteiger partial charge in [0.2, 0.25) is 5.78 Å². The molecule has 0 spiro atoms. The van der Waals surface area contributed by atoms with E-state index in [1.54, 1.807) is 0 Å². The van der Waals surface area contributed by atoms with Crippen molar-refractivity contribution in [3.05, 3.63) is 52.6 Å². The molecule has 0 fully saturated rings. The summed E-state index contributed by atoms with van der Waals surface area (Å²) < 4.78 is 5.78. The van der Waals surface area contributed by atoms with Gasteiger partial charge in [-0.1, -0.05) is 11.6 Å². The minimum atomic E-state index is -1.68. The van der Waals surface area contributed by atoms with Gasteiger partial charge in [0.15, 0.2) is 12.2 Å². The number of carbonyl (C=O) groups is 1. The molecular formula is C20H20O7. The summed E-state index contributed by atoms with van der Waals surface area (Å²) in [4.78, 5) is 12.7. The molecule has 0 saturated carbocycles. The van der Waals surface area contributed by atoms with Crippen LogP contribution in [0.1, 0.15) is 41.4 Å². The lowest BCUT2D eigenvalue weighted by molar-refractivity contribution is 0.0199. The van der Waals surface area contributed by atoms with E-state index >= 15 is 0 Å². The van der Waals surface area contributed by atoms with Gasteiger partial charge in [-0.2, -0.15) is 0 Å². The SMILES string of the molecule is CC(C)=CCc1c(O)cc(O)c2c1OC(c1ccc(O)cc1O)C(O)C2=O. The summed E-state index contributed by atoms with van der Waals surface area (Å²) in [6.45, 7) is 3.74. The van der Waals surface area contributed by atoms with Crippen LogP contribution < -0.4 is 4.74 Å². The molecular weight excluding hydrogens is 352 g/mol. The Balaban J connectivity index is 2.16. The number of ketones is 1. The Labute approximate surface area is 155 Å². The molecule has 142 valence electrons. The van der Waals surface area contributed by atoms with Gasteiger partial charge in [-0.05, 0) is 32.4 Å². The zero-order valence-corrected chi connectivity index (χ0v) is 14.8. The molecule has 1 aliphatic rings. The summed E-state index contributed by atoms with van der Waals surface area (Å²) in [5, 5.41) is 50.3. The van der Waals surface area contributed by atoms with Crippen LogP contribution in [0.4, 0.5) is 0 Å². The molecule has 0 aliphatic carbocycles. The molecule has 0 bridgehead atoms. The number of aliphatic hydroxyl groups is 1. The van der Waals surface area contributed by atoms with Crippen molar-refractivity contribution >= 4 is 5.78 Å². The predicted molar refractivity (Wildman–Crippen MR) is 96.4 cm³/mol. The number of Topliss-reactive ketones (excluding diaryl/α,β-unsaturated/α-hetero) is 1. The van der Waals surface area contributed by atoms with Crippen LogP contribution in [-0.2, 0) is 6.42 Å². The van der Waals surface area contributed by atoms with E-state index in [0.29, 0.717) is 0 Å². The molecule has 2 aromatic carbocycles. The Bertz CT molecular complexity index is 942. The van der Waals surface area contributed by atoms with Gasteiger partial charge in [0.1, 0.15) is 34.3 Å². The molecule has 2 atom stereocenters. The second-order valence-electron chi connectivity index (χ2n) is 6.67. The fraction of sp³-hybridized carbons (Fsp3) is 0.250. The van der Waals surface area contributed by atoms with E-state index in [1.807, 2.05) is 19.9 Å². The molecule has 1 heterocycles. The molecule has 7 nitrogen and oxygen atoms in total. The van der Waals surface area contributed by atoms with Crippen molar-refractivity contribution in [3.63, 3.8) is 0 Å². The maximum atomic E-state index is 12.7. The number of aliphatic hydroxyl groups excluding tert-OH is 1. The van der Waals surface area contributed by atoms with Crippen molar-refractivity contribution in [2.24, 2.45) is 0 Å². The second-order valence-corrected chi connectivity index (χ2v) is 6.67. The molecule has 0 amide bonds. The van der Waals surface area contributed by atoms with Gasteiger partial charge < -0.3 is 30.3 Å². The molecule has 27 heavy (non-hydrogen) atoms. The Morgan fingerprint density at radius 2 is 1.78 bits per heavy atom. The maximum absolute atomic E-state index is 12.7. The van der Waals surface area contributed by atoms with Crippen molar-refractivity contribution in [1.82, 2.24) is 0 Å². The van der Waals surface area contributed by atoms with Crippen LogP contribution in [0.2, 0.25) is 0 Å². The topological polar surface area (TPSA) is 127 Å². The number of phenols is 4. The van der Waals surface area contributed by atoms with Gasteiger partial charge in [0.25, 0.3) is 0 Å². The van der Waals surface area contributed by atoms with Gasteiger partial charge >= 0.3 is 0 Å². The van der Waals surface area contributed by atoms with Crippen molar-refractivity contribution in [2.45, 2.75) is 32.5 Å². The molecule has 7 heteroatoms. The van der Waals surface area contributed by atoms with Gasteiger partial charge in [-0.15, -0.1) is 0 Å². The number of allylic oxidation sites excluding steroid dienone is 2. The summed E-state index contributed by atoms with van der Waals surface area (Å²) in [6, 6.07) is 4.72. The van der Waals surface area contributed by atoms with E-state index in [4.69, 9.17) is 4.74 Å². The highest BCUT2D eigenvalue weighted by atomic mass is 16.5. The molecule has 0 saturated heterocycles. The maximum Gasteiger partial charge on any atom is 0.202 e. The molecule has 5 N–H and O–H groups in total. The van der Waals surface area contributed by atoms with Gasteiger partial charge in [0.05, 0.1) is 0 Å². The van der Waals surface area contributed by atoms with Crippen LogP contribution in [0.5, 0.6) is 28.7 Å². The third-order valence-electron chi connectivity index (χ3n) is 4.42. The lowest BCUT2D eigenvalue weighted by Gasteiger charge is -2.32. The first-order valence-electron chi connectivity index (χ1n) is 8.32. The number of phenolic OH excluding ortho intramolecular Hbond substituents is 4. The summed E-state index contributed by atoms with van der Waals surface area (Å²) in [7, 11) is 0. The Hall–Kier alpha value is -3.19. The highest BCUT2D eigenvalue weighted by Crippen LogP contribution is 2.46. The summed E-state index contributed by atoms with van der Waals surface area (Å²) in [5.74, 6) is -2.12. The van der Waals surface area contributed by atoms with Crippen LogP contribution in [0.25, 0.3) is 0 Å². The summed E-state index contributed by atoms with van der Waals surface area (Å²) in [5.41, 5.74) is 1.14. The number of benzene rings is 2. The predicted octanol–water partition coefficient (Wildman–Crippen LogP) is 2.70. The van der Waals surface area contributed by atoms with E-state index in [9.17, 15) is 30.3 Å². The number of aromatic hydroxyl groups is 4. The number of rotatable bonds is 3. The van der Waals surface area contributed by atoms with E-state index in [-0.39, 0.29) is 46.1 Å². The van der Waals surface area contributed by atoms with Crippen molar-refractivity contribution in [2.75, 3.05) is 0 Å². The minimum Gasteiger partial charge on any atom is -0.508 e. The third kappa shape index (κ3) is 3.29. The first-order valence-corrected chi connectivity index (χ1v) is 8.32. The first-order chi connectivity index (χ1) is 12.7. The van der Waals surface area contributed by atoms with Gasteiger partial charge in [-0.25, -0.2) is 0 Å². The average Bonchev–Trinajstić information content (AvgIpc) is 2.57. The van der Waals surface area contributed by atoms with Crippen molar-refractivity contribution < 1.29 is 35.1 Å². The fourth-order valence-electron chi connectivity index (χ4n) is 3.03. The van der Waals surface area contributed by atoms with E-state index in [2.05, 4.69) is 0 Å². The van der Waals surface area contributed by atoms with Crippen LogP contribution in [0, 0.1) is 0 Å². The van der Waals surface area contributed by atoms with Crippen LogP contribution >= 0.6 is 0 Å². The quantitative estimate of drug-likeness (QED) is 0.524. The lowest BCUT2D eigenvalue weighted by Crippen LogP contribution is -2.36. The normalized spacial score (nSPS) is 18.6. The van der Waals surface area contributed by atoms with Crippen LogP contribution in [0.15, 0.2) is 35.9 Å². The average molecular weight is 372 g/mol. The van der Waals surface area contributed by atoms with Gasteiger partial charge in [-0.3, -0.25) is 4.79 Å². The van der Waals surface area contributed by atoms with Crippen LogP contribution in [-0.4, -0.2) is 37.4 Å². The number of fused-ring (bicyclic) bond motifs is 1. The number of hydrogen-bond donors (Lipinski definition) is 5. The zero-order valence-electron chi connectivity index (χ0n) is 14.8. The van der Waals surface area contributed by atoms with Crippen molar-refractivity contribution in [3.8, 4) is 28.7 Å². The molecule has 1 aliphatic heterocycles. The monoisotopic (exact) mass is 372 g/mol. The van der Waals surface area contributed by atoms with Gasteiger partial charge in [0, 0.05) is 23.3 Å². The smallest absolute Gasteiger partial charge is 0.202 e. The molecule has 2 unspecified atom stereocenters. The standard InChI is InChI=1S/C20H20O7/c1-9(2)3-5-11-14(23)8-15(24)16-17(25)18(26)20(27-19(11)16)12-6-4-10(21)7-13(12)22/h3-4,6-8,18,20-24,26H,5H2,1-2H3. The molecule has 0 radical (unpaired) electrons. The third-order valence-corrected chi connectivity index (χ3v) is 4.42. The second kappa shape index (κ2) is 6.85. The Morgan fingerprint density at radius 1 is 1.07 bits per heavy atom. The lowest BCUT2D eigenvalue weighted by atomic mass is 9.90. The highest BCUT2D eigenvalue weighted by Gasteiger charge is 2.41. The fourth-order valence-corrected chi connectivity index (χ4v) is 3.03.